The molecule has 3 N–H and O–H groups in total. The van der Waals surface area contributed by atoms with Gasteiger partial charge in [-0.15, -0.1) is 0 Å². The molecule has 4 heteroatoms. The molecule has 0 fully saturated rings. The van der Waals surface area contributed by atoms with E-state index >= 15 is 0 Å². The molecule has 0 aliphatic rings. The third-order valence-electron chi connectivity index (χ3n) is 3.26. The molecular formula is C15H23NO3. The van der Waals surface area contributed by atoms with Gasteiger partial charge in [0.15, 0.2) is 0 Å². The molecule has 0 amide bonds. The number of phenols is 1. The van der Waals surface area contributed by atoms with Crippen molar-refractivity contribution in [1.29, 1.82) is 0 Å². The fourth-order valence-electron chi connectivity index (χ4n) is 1.85. The van der Waals surface area contributed by atoms with Crippen molar-refractivity contribution < 1.29 is 14.6 Å². The Kier molecular flexibility index (Phi) is 6.19. The summed E-state index contributed by atoms with van der Waals surface area (Å²) in [5.41, 5.74) is 6.07. The third-order valence-corrected chi connectivity index (χ3v) is 3.26. The molecule has 0 aromatic heterocycles. The van der Waals surface area contributed by atoms with E-state index in [9.17, 15) is 9.90 Å². The minimum atomic E-state index is -0.412. The number of benzene rings is 1. The number of carbonyl (C=O) groups excluding carboxylic acids is 1. The fraction of sp³-hybridized carbons (Fsp3) is 0.533. The summed E-state index contributed by atoms with van der Waals surface area (Å²) in [7, 11) is 0. The van der Waals surface area contributed by atoms with Gasteiger partial charge in [-0.2, -0.15) is 0 Å². The predicted molar refractivity (Wildman–Crippen MR) is 76.1 cm³/mol. The number of carbonyl (C=O) groups is 1. The molecular weight excluding hydrogens is 242 g/mol. The fourth-order valence-corrected chi connectivity index (χ4v) is 1.85. The van der Waals surface area contributed by atoms with Crippen molar-refractivity contribution in [3.63, 3.8) is 0 Å². The molecule has 0 radical (unpaired) electrons. The topological polar surface area (TPSA) is 72.5 Å². The van der Waals surface area contributed by atoms with E-state index < -0.39 is 5.97 Å². The van der Waals surface area contributed by atoms with Gasteiger partial charge >= 0.3 is 5.97 Å². The van der Waals surface area contributed by atoms with Gasteiger partial charge in [0.1, 0.15) is 5.75 Å². The van der Waals surface area contributed by atoms with E-state index in [1.165, 1.54) is 12.1 Å². The molecule has 0 bridgehead atoms. The van der Waals surface area contributed by atoms with Crippen LogP contribution in [0.5, 0.6) is 5.75 Å². The van der Waals surface area contributed by atoms with Crippen molar-refractivity contribution in [2.75, 3.05) is 12.3 Å². The van der Waals surface area contributed by atoms with Crippen molar-refractivity contribution in [1.82, 2.24) is 0 Å². The number of phenolic OH excluding ortho intramolecular Hbond substituents is 1. The molecule has 0 saturated heterocycles. The highest BCUT2D eigenvalue weighted by Crippen LogP contribution is 2.21. The SMILES string of the molecule is CCCCC(CC)COC(=O)c1ccc(N)c(O)c1. The molecule has 4 nitrogen and oxygen atoms in total. The zero-order valence-electron chi connectivity index (χ0n) is 11.7. The number of unbranched alkanes of at least 4 members (excludes halogenated alkanes) is 1. The van der Waals surface area contributed by atoms with Gasteiger partial charge in [-0.25, -0.2) is 4.79 Å². The molecule has 0 aliphatic heterocycles. The molecule has 0 heterocycles. The molecule has 0 spiro atoms. The van der Waals surface area contributed by atoms with Crippen molar-refractivity contribution in [2.24, 2.45) is 5.92 Å². The number of esters is 1. The van der Waals surface area contributed by atoms with Crippen LogP contribution in [0.15, 0.2) is 18.2 Å². The molecule has 0 saturated carbocycles. The van der Waals surface area contributed by atoms with Gasteiger partial charge in [-0.1, -0.05) is 33.1 Å². The summed E-state index contributed by atoms with van der Waals surface area (Å²) in [4.78, 5) is 11.8. The van der Waals surface area contributed by atoms with Gasteiger partial charge in [-0.3, -0.25) is 0 Å². The first-order chi connectivity index (χ1) is 9.08. The summed E-state index contributed by atoms with van der Waals surface area (Å²) in [6.45, 7) is 4.68. The number of hydrogen-bond donors (Lipinski definition) is 2. The summed E-state index contributed by atoms with van der Waals surface area (Å²) in [5, 5.41) is 9.46. The summed E-state index contributed by atoms with van der Waals surface area (Å²) < 4.78 is 5.28. The first-order valence-electron chi connectivity index (χ1n) is 6.84. The average molecular weight is 265 g/mol. The highest BCUT2D eigenvalue weighted by molar-refractivity contribution is 5.90. The lowest BCUT2D eigenvalue weighted by Gasteiger charge is -2.14. The number of aromatic hydroxyl groups is 1. The van der Waals surface area contributed by atoms with Crippen LogP contribution in [0.4, 0.5) is 5.69 Å². The quantitative estimate of drug-likeness (QED) is 0.450. The van der Waals surface area contributed by atoms with Gasteiger partial charge in [0, 0.05) is 0 Å². The molecule has 106 valence electrons. The first kappa shape index (κ1) is 15.3. The maximum atomic E-state index is 11.8. The molecule has 1 rings (SSSR count). The van der Waals surface area contributed by atoms with E-state index in [2.05, 4.69) is 13.8 Å². The lowest BCUT2D eigenvalue weighted by molar-refractivity contribution is 0.0428. The Hall–Kier alpha value is -1.71. The molecule has 1 aromatic carbocycles. The zero-order valence-corrected chi connectivity index (χ0v) is 11.7. The highest BCUT2D eigenvalue weighted by Gasteiger charge is 2.13. The molecule has 1 atom stereocenters. The van der Waals surface area contributed by atoms with Gasteiger partial charge < -0.3 is 15.6 Å². The van der Waals surface area contributed by atoms with Crippen LogP contribution in [0, 0.1) is 5.92 Å². The summed E-state index contributed by atoms with van der Waals surface area (Å²) in [6.07, 6.45) is 4.38. The number of anilines is 1. The van der Waals surface area contributed by atoms with Crippen LogP contribution < -0.4 is 5.73 Å². The Balaban J connectivity index is 2.52. The summed E-state index contributed by atoms with van der Waals surface area (Å²) in [5.74, 6) is -0.0935. The van der Waals surface area contributed by atoms with Gasteiger partial charge in [0.2, 0.25) is 0 Å². The largest absolute Gasteiger partial charge is 0.506 e. The number of nitrogen functional groups attached to an aromatic ring is 1. The monoisotopic (exact) mass is 265 g/mol. The molecule has 19 heavy (non-hydrogen) atoms. The van der Waals surface area contributed by atoms with E-state index in [0.717, 1.165) is 25.7 Å². The third kappa shape index (κ3) is 4.81. The maximum Gasteiger partial charge on any atom is 0.338 e. The number of nitrogens with two attached hydrogens (primary N) is 1. The van der Waals surface area contributed by atoms with Gasteiger partial charge in [0.05, 0.1) is 17.9 Å². The number of hydrogen-bond acceptors (Lipinski definition) is 4. The summed E-state index contributed by atoms with van der Waals surface area (Å²) in [6, 6.07) is 4.40. The van der Waals surface area contributed by atoms with Crippen LogP contribution in [0.3, 0.4) is 0 Å². The second-order valence-corrected chi connectivity index (χ2v) is 4.79. The van der Waals surface area contributed by atoms with Crippen molar-refractivity contribution >= 4 is 11.7 Å². The summed E-state index contributed by atoms with van der Waals surface area (Å²) >= 11 is 0. The predicted octanol–water partition coefficient (Wildman–Crippen LogP) is 3.35. The van der Waals surface area contributed by atoms with Crippen LogP contribution in [0.25, 0.3) is 0 Å². The second-order valence-electron chi connectivity index (χ2n) is 4.79. The Morgan fingerprint density at radius 2 is 2.16 bits per heavy atom. The van der Waals surface area contributed by atoms with Crippen LogP contribution in [-0.4, -0.2) is 17.7 Å². The molecule has 0 aliphatic carbocycles. The van der Waals surface area contributed by atoms with Gasteiger partial charge in [-0.05, 0) is 30.5 Å². The minimum Gasteiger partial charge on any atom is -0.506 e. The van der Waals surface area contributed by atoms with Crippen LogP contribution in [0.1, 0.15) is 49.9 Å². The average Bonchev–Trinajstić information content (AvgIpc) is 2.41. The van der Waals surface area contributed by atoms with E-state index in [4.69, 9.17) is 10.5 Å². The Morgan fingerprint density at radius 3 is 2.74 bits per heavy atom. The van der Waals surface area contributed by atoms with Crippen LogP contribution in [0.2, 0.25) is 0 Å². The zero-order chi connectivity index (χ0) is 14.3. The second kappa shape index (κ2) is 7.67. The van der Waals surface area contributed by atoms with Crippen molar-refractivity contribution in [2.45, 2.75) is 39.5 Å². The van der Waals surface area contributed by atoms with Crippen LogP contribution in [-0.2, 0) is 4.74 Å². The maximum absolute atomic E-state index is 11.8. The number of ether oxygens (including phenoxy) is 1. The van der Waals surface area contributed by atoms with E-state index in [0.29, 0.717) is 18.1 Å². The number of rotatable bonds is 7. The Labute approximate surface area is 114 Å². The van der Waals surface area contributed by atoms with Crippen LogP contribution >= 0.6 is 0 Å². The van der Waals surface area contributed by atoms with E-state index in [1.54, 1.807) is 6.07 Å². The minimum absolute atomic E-state index is 0.0903. The first-order valence-corrected chi connectivity index (χ1v) is 6.84. The van der Waals surface area contributed by atoms with E-state index in [-0.39, 0.29) is 11.4 Å². The van der Waals surface area contributed by atoms with E-state index in [1.807, 2.05) is 0 Å². The normalized spacial score (nSPS) is 12.1. The molecule has 1 unspecified atom stereocenters. The lowest BCUT2D eigenvalue weighted by atomic mass is 10.0. The Bertz CT molecular complexity index is 418. The van der Waals surface area contributed by atoms with Gasteiger partial charge in [0.25, 0.3) is 0 Å². The smallest absolute Gasteiger partial charge is 0.338 e. The lowest BCUT2D eigenvalue weighted by Crippen LogP contribution is -2.14. The molecule has 1 aromatic rings. The highest BCUT2D eigenvalue weighted by atomic mass is 16.5. The standard InChI is InChI=1S/C15H23NO3/c1-3-5-6-11(4-2)10-19-15(18)12-7-8-13(16)14(17)9-12/h7-9,11,17H,3-6,10,16H2,1-2H3. The Morgan fingerprint density at radius 1 is 1.42 bits per heavy atom. The van der Waals surface area contributed by atoms with Crippen molar-refractivity contribution in [3.05, 3.63) is 23.8 Å². The van der Waals surface area contributed by atoms with Crippen molar-refractivity contribution in [3.8, 4) is 5.75 Å².